The van der Waals surface area contributed by atoms with Gasteiger partial charge in [0, 0.05) is 19.2 Å². The molecule has 1 heterocycles. The topological polar surface area (TPSA) is 63.0 Å². The minimum atomic E-state index is 0.199. The zero-order valence-corrected chi connectivity index (χ0v) is 10.5. The lowest BCUT2D eigenvalue weighted by atomic mass is 10.2. The minimum absolute atomic E-state index is 0.199. The van der Waals surface area contributed by atoms with Crippen molar-refractivity contribution in [3.05, 3.63) is 42.2 Å². The fraction of sp³-hybridized carbons (Fsp3) is 0.385. The van der Waals surface area contributed by atoms with E-state index in [0.717, 1.165) is 17.8 Å². The lowest BCUT2D eigenvalue weighted by Crippen LogP contribution is -2.26. The Morgan fingerprint density at radius 3 is 2.83 bits per heavy atom. The van der Waals surface area contributed by atoms with Crippen LogP contribution in [0.15, 0.2) is 36.5 Å². The fourth-order valence-electron chi connectivity index (χ4n) is 1.64. The van der Waals surface area contributed by atoms with E-state index in [-0.39, 0.29) is 12.6 Å². The second-order valence-electron chi connectivity index (χ2n) is 4.26. The Bertz CT molecular complexity index is 469. The van der Waals surface area contributed by atoms with Gasteiger partial charge in [-0.1, -0.05) is 18.2 Å². The van der Waals surface area contributed by atoms with Crippen molar-refractivity contribution in [2.24, 2.45) is 0 Å². The smallest absolute Gasteiger partial charge is 0.0969 e. The Kier molecular flexibility index (Phi) is 4.44. The van der Waals surface area contributed by atoms with Crippen LogP contribution in [0.1, 0.15) is 19.0 Å². The monoisotopic (exact) mass is 246 g/mol. The number of nitrogens with zero attached hydrogens (tertiary/aromatic N) is 3. The molecule has 0 radical (unpaired) electrons. The number of para-hydroxylation sites is 1. The van der Waals surface area contributed by atoms with Crippen molar-refractivity contribution < 1.29 is 5.11 Å². The Balaban J connectivity index is 1.95. The van der Waals surface area contributed by atoms with Gasteiger partial charge in [-0.2, -0.15) is 15.0 Å². The third-order valence-electron chi connectivity index (χ3n) is 2.72. The second-order valence-corrected chi connectivity index (χ2v) is 4.26. The SMILES string of the molecule is CC(CCO)NCc1cnn(-c2ccccc2)n1. The largest absolute Gasteiger partial charge is 0.396 e. The molecule has 1 aromatic heterocycles. The van der Waals surface area contributed by atoms with Crippen molar-refractivity contribution >= 4 is 0 Å². The van der Waals surface area contributed by atoms with Gasteiger partial charge in [0.15, 0.2) is 0 Å². The molecule has 5 nitrogen and oxygen atoms in total. The number of hydrogen-bond acceptors (Lipinski definition) is 4. The molecule has 0 aliphatic carbocycles. The summed E-state index contributed by atoms with van der Waals surface area (Å²) in [6, 6.07) is 10.1. The third-order valence-corrected chi connectivity index (χ3v) is 2.72. The molecule has 0 fully saturated rings. The van der Waals surface area contributed by atoms with Gasteiger partial charge in [0.25, 0.3) is 0 Å². The van der Waals surface area contributed by atoms with E-state index >= 15 is 0 Å². The predicted molar refractivity (Wildman–Crippen MR) is 69.4 cm³/mol. The van der Waals surface area contributed by atoms with Crippen LogP contribution < -0.4 is 5.32 Å². The zero-order valence-electron chi connectivity index (χ0n) is 10.5. The first-order chi connectivity index (χ1) is 8.79. The molecule has 0 amide bonds. The van der Waals surface area contributed by atoms with Crippen molar-refractivity contribution in [1.29, 1.82) is 0 Å². The summed E-state index contributed by atoms with van der Waals surface area (Å²) in [5.41, 5.74) is 1.84. The van der Waals surface area contributed by atoms with E-state index in [9.17, 15) is 0 Å². The van der Waals surface area contributed by atoms with Gasteiger partial charge in [-0.3, -0.25) is 0 Å². The van der Waals surface area contributed by atoms with Crippen LogP contribution in [0.3, 0.4) is 0 Å². The van der Waals surface area contributed by atoms with E-state index in [2.05, 4.69) is 15.5 Å². The Hall–Kier alpha value is -1.72. The summed E-state index contributed by atoms with van der Waals surface area (Å²) in [6.07, 6.45) is 2.50. The molecule has 18 heavy (non-hydrogen) atoms. The predicted octanol–water partition coefficient (Wildman–Crippen LogP) is 1.13. The average molecular weight is 246 g/mol. The second kappa shape index (κ2) is 6.28. The van der Waals surface area contributed by atoms with E-state index in [0.29, 0.717) is 6.54 Å². The summed E-state index contributed by atoms with van der Waals surface area (Å²) in [4.78, 5) is 1.62. The van der Waals surface area contributed by atoms with Crippen LogP contribution in [0.2, 0.25) is 0 Å². The number of aliphatic hydroxyl groups is 1. The number of aliphatic hydroxyl groups excluding tert-OH is 1. The molecule has 2 aromatic rings. The molecule has 0 spiro atoms. The van der Waals surface area contributed by atoms with Gasteiger partial charge in [-0.05, 0) is 25.5 Å². The highest BCUT2D eigenvalue weighted by Gasteiger charge is 2.04. The van der Waals surface area contributed by atoms with E-state index in [1.165, 1.54) is 0 Å². The molecule has 0 saturated heterocycles. The Labute approximate surface area is 106 Å². The number of hydrogen-bond donors (Lipinski definition) is 2. The molecule has 2 rings (SSSR count). The van der Waals surface area contributed by atoms with Crippen LogP contribution in [0.4, 0.5) is 0 Å². The summed E-state index contributed by atoms with van der Waals surface area (Å²) < 4.78 is 0. The molecule has 1 unspecified atom stereocenters. The van der Waals surface area contributed by atoms with Gasteiger partial charge in [0.2, 0.25) is 0 Å². The highest BCUT2D eigenvalue weighted by atomic mass is 16.3. The lowest BCUT2D eigenvalue weighted by Gasteiger charge is -2.10. The number of benzene rings is 1. The highest BCUT2D eigenvalue weighted by molar-refractivity contribution is 5.28. The van der Waals surface area contributed by atoms with Crippen molar-refractivity contribution in [3.63, 3.8) is 0 Å². The molecule has 0 bridgehead atoms. The van der Waals surface area contributed by atoms with Crippen molar-refractivity contribution in [1.82, 2.24) is 20.3 Å². The molecule has 1 aromatic carbocycles. The van der Waals surface area contributed by atoms with Crippen LogP contribution in [-0.2, 0) is 6.54 Å². The van der Waals surface area contributed by atoms with Gasteiger partial charge in [0.1, 0.15) is 0 Å². The summed E-state index contributed by atoms with van der Waals surface area (Å²) in [5, 5.41) is 20.7. The average Bonchev–Trinajstić information content (AvgIpc) is 2.87. The molecular weight excluding hydrogens is 228 g/mol. The molecule has 2 N–H and O–H groups in total. The first-order valence-electron chi connectivity index (χ1n) is 6.10. The van der Waals surface area contributed by atoms with Gasteiger partial charge >= 0.3 is 0 Å². The molecule has 1 atom stereocenters. The quantitative estimate of drug-likeness (QED) is 0.802. The molecular formula is C13H18N4O. The summed E-state index contributed by atoms with van der Waals surface area (Å²) in [6.45, 7) is 2.90. The van der Waals surface area contributed by atoms with E-state index in [1.54, 1.807) is 11.0 Å². The minimum Gasteiger partial charge on any atom is -0.396 e. The summed E-state index contributed by atoms with van der Waals surface area (Å²) in [5.74, 6) is 0. The molecule has 5 heteroatoms. The van der Waals surface area contributed by atoms with Crippen LogP contribution in [0.25, 0.3) is 5.69 Å². The van der Waals surface area contributed by atoms with Gasteiger partial charge in [-0.25, -0.2) is 0 Å². The Morgan fingerprint density at radius 1 is 1.33 bits per heavy atom. The first-order valence-corrected chi connectivity index (χ1v) is 6.10. The van der Waals surface area contributed by atoms with Crippen LogP contribution in [0, 0.1) is 0 Å². The molecule has 0 saturated carbocycles. The molecule has 96 valence electrons. The van der Waals surface area contributed by atoms with Crippen LogP contribution >= 0.6 is 0 Å². The summed E-state index contributed by atoms with van der Waals surface area (Å²) in [7, 11) is 0. The number of nitrogens with one attached hydrogen (secondary N) is 1. The maximum absolute atomic E-state index is 8.81. The first kappa shape index (κ1) is 12.7. The maximum atomic E-state index is 8.81. The maximum Gasteiger partial charge on any atom is 0.0969 e. The zero-order chi connectivity index (χ0) is 12.8. The van der Waals surface area contributed by atoms with E-state index < -0.39 is 0 Å². The lowest BCUT2D eigenvalue weighted by molar-refractivity contribution is 0.268. The van der Waals surface area contributed by atoms with Crippen LogP contribution in [-0.4, -0.2) is 32.7 Å². The third kappa shape index (κ3) is 3.38. The van der Waals surface area contributed by atoms with Gasteiger partial charge in [0.05, 0.1) is 17.6 Å². The number of rotatable bonds is 6. The molecule has 0 aliphatic heterocycles. The normalized spacial score (nSPS) is 12.6. The van der Waals surface area contributed by atoms with E-state index in [1.807, 2.05) is 37.3 Å². The summed E-state index contributed by atoms with van der Waals surface area (Å²) >= 11 is 0. The van der Waals surface area contributed by atoms with Crippen molar-refractivity contribution in [2.45, 2.75) is 25.9 Å². The fourth-order valence-corrected chi connectivity index (χ4v) is 1.64. The standard InChI is InChI=1S/C13H18N4O/c1-11(7-8-18)14-9-12-10-15-17(16-12)13-5-3-2-4-6-13/h2-6,10-11,14,18H,7-9H2,1H3. The highest BCUT2D eigenvalue weighted by Crippen LogP contribution is 2.04. The Morgan fingerprint density at radius 2 is 2.11 bits per heavy atom. The van der Waals surface area contributed by atoms with Crippen LogP contribution in [0.5, 0.6) is 0 Å². The molecule has 0 aliphatic rings. The van der Waals surface area contributed by atoms with Gasteiger partial charge < -0.3 is 10.4 Å². The van der Waals surface area contributed by atoms with Crippen molar-refractivity contribution in [2.75, 3.05) is 6.61 Å². The van der Waals surface area contributed by atoms with E-state index in [4.69, 9.17) is 5.11 Å². The van der Waals surface area contributed by atoms with Crippen molar-refractivity contribution in [3.8, 4) is 5.69 Å². The number of aromatic nitrogens is 3. The van der Waals surface area contributed by atoms with Gasteiger partial charge in [-0.15, -0.1) is 0 Å².